The number of carbonyl (C=O) groups excluding carboxylic acids is 1. The highest BCUT2D eigenvalue weighted by molar-refractivity contribution is 5.96. The molecular weight excluding hydrogens is 268 g/mol. The fourth-order valence-corrected chi connectivity index (χ4v) is 2.00. The van der Waals surface area contributed by atoms with Gasteiger partial charge in [0.2, 0.25) is 0 Å². The van der Waals surface area contributed by atoms with Gasteiger partial charge in [0.05, 0.1) is 0 Å². The molecule has 2 aromatic rings. The lowest BCUT2D eigenvalue weighted by molar-refractivity contribution is -0.139. The number of rotatable bonds is 5. The molecule has 1 heterocycles. The van der Waals surface area contributed by atoms with Gasteiger partial charge in [-0.15, -0.1) is 0 Å². The third kappa shape index (κ3) is 3.89. The minimum atomic E-state index is -1.07. The summed E-state index contributed by atoms with van der Waals surface area (Å²) < 4.78 is 0. The molecule has 0 aliphatic rings. The fourth-order valence-electron chi connectivity index (χ4n) is 2.00. The number of hydrogen-bond acceptors (Lipinski definition) is 3. The number of nitrogens with zero attached hydrogens (tertiary/aromatic N) is 1. The van der Waals surface area contributed by atoms with E-state index in [1.807, 2.05) is 30.3 Å². The van der Waals surface area contributed by atoms with Crippen LogP contribution in [0, 0.1) is 6.92 Å². The summed E-state index contributed by atoms with van der Waals surface area (Å²) in [7, 11) is 0. The summed E-state index contributed by atoms with van der Waals surface area (Å²) in [5, 5.41) is 11.8. The first kappa shape index (κ1) is 14.7. The van der Waals surface area contributed by atoms with Crippen LogP contribution in [0.4, 0.5) is 0 Å². The molecule has 1 aromatic carbocycles. The molecule has 108 valence electrons. The van der Waals surface area contributed by atoms with Crippen molar-refractivity contribution in [3.8, 4) is 0 Å². The van der Waals surface area contributed by atoms with Crippen LogP contribution in [0.1, 0.15) is 21.6 Å². The molecule has 1 amide bonds. The highest BCUT2D eigenvalue weighted by Gasteiger charge is 2.22. The van der Waals surface area contributed by atoms with Crippen LogP contribution < -0.4 is 5.32 Å². The van der Waals surface area contributed by atoms with Crippen LogP contribution in [0.2, 0.25) is 0 Å². The predicted octanol–water partition coefficient (Wildman–Crippen LogP) is 1.82. The lowest BCUT2D eigenvalue weighted by atomic mass is 10.1. The summed E-state index contributed by atoms with van der Waals surface area (Å²) in [6.07, 6.45) is 1.74. The summed E-state index contributed by atoms with van der Waals surface area (Å²) in [4.78, 5) is 27.4. The van der Waals surface area contributed by atoms with E-state index in [0.717, 1.165) is 5.56 Å². The van der Waals surface area contributed by atoms with Gasteiger partial charge in [-0.3, -0.25) is 9.78 Å². The molecule has 0 aliphatic carbocycles. The van der Waals surface area contributed by atoms with E-state index in [-0.39, 0.29) is 12.1 Å². The summed E-state index contributed by atoms with van der Waals surface area (Å²) in [6.45, 7) is 1.76. The summed E-state index contributed by atoms with van der Waals surface area (Å²) in [6, 6.07) is 11.7. The lowest BCUT2D eigenvalue weighted by Crippen LogP contribution is -2.42. The number of pyridine rings is 1. The number of benzene rings is 1. The molecule has 0 saturated heterocycles. The van der Waals surface area contributed by atoms with E-state index < -0.39 is 17.9 Å². The molecule has 2 rings (SSSR count). The van der Waals surface area contributed by atoms with E-state index in [0.29, 0.717) is 5.56 Å². The van der Waals surface area contributed by atoms with Gasteiger partial charge in [0.15, 0.2) is 0 Å². The number of hydrogen-bond donors (Lipinski definition) is 2. The Morgan fingerprint density at radius 2 is 1.90 bits per heavy atom. The average Bonchev–Trinajstić information content (AvgIpc) is 2.48. The number of aliphatic carboxylic acids is 1. The second-order valence-electron chi connectivity index (χ2n) is 4.72. The van der Waals surface area contributed by atoms with Gasteiger partial charge in [-0.1, -0.05) is 36.4 Å². The minimum absolute atomic E-state index is 0.230. The van der Waals surface area contributed by atoms with Gasteiger partial charge >= 0.3 is 5.97 Å². The first-order valence-corrected chi connectivity index (χ1v) is 6.57. The van der Waals surface area contributed by atoms with Gasteiger partial charge in [0, 0.05) is 12.6 Å². The Bertz CT molecular complexity index is 641. The quantitative estimate of drug-likeness (QED) is 0.877. The molecule has 5 nitrogen and oxygen atoms in total. The Labute approximate surface area is 122 Å². The van der Waals surface area contributed by atoms with Crippen molar-refractivity contribution in [2.24, 2.45) is 0 Å². The smallest absolute Gasteiger partial charge is 0.326 e. The van der Waals surface area contributed by atoms with Crippen molar-refractivity contribution in [2.45, 2.75) is 19.4 Å². The molecule has 0 aliphatic heterocycles. The van der Waals surface area contributed by atoms with Crippen molar-refractivity contribution in [2.75, 3.05) is 0 Å². The molecule has 21 heavy (non-hydrogen) atoms. The van der Waals surface area contributed by atoms with Crippen molar-refractivity contribution >= 4 is 11.9 Å². The maximum Gasteiger partial charge on any atom is 0.326 e. The Balaban J connectivity index is 2.12. The zero-order chi connectivity index (χ0) is 15.2. The van der Waals surface area contributed by atoms with Gasteiger partial charge in [-0.25, -0.2) is 4.79 Å². The molecule has 1 atom stereocenters. The first-order valence-electron chi connectivity index (χ1n) is 6.57. The lowest BCUT2D eigenvalue weighted by Gasteiger charge is -2.15. The van der Waals surface area contributed by atoms with Crippen LogP contribution in [0.3, 0.4) is 0 Å². The molecule has 1 aromatic heterocycles. The molecule has 2 N–H and O–H groups in total. The number of carbonyl (C=O) groups is 2. The van der Waals surface area contributed by atoms with Crippen LogP contribution in [-0.4, -0.2) is 28.0 Å². The third-order valence-electron chi connectivity index (χ3n) is 3.11. The van der Waals surface area contributed by atoms with Crippen molar-refractivity contribution < 1.29 is 14.7 Å². The van der Waals surface area contributed by atoms with E-state index >= 15 is 0 Å². The third-order valence-corrected chi connectivity index (χ3v) is 3.11. The highest BCUT2D eigenvalue weighted by atomic mass is 16.4. The van der Waals surface area contributed by atoms with Crippen LogP contribution in [0.5, 0.6) is 0 Å². The van der Waals surface area contributed by atoms with Crippen LogP contribution >= 0.6 is 0 Å². The van der Waals surface area contributed by atoms with Gasteiger partial charge in [-0.2, -0.15) is 0 Å². The highest BCUT2D eigenvalue weighted by Crippen LogP contribution is 2.07. The van der Waals surface area contributed by atoms with Crippen LogP contribution in [-0.2, 0) is 11.2 Å². The van der Waals surface area contributed by atoms with Gasteiger partial charge in [-0.05, 0) is 24.1 Å². The second kappa shape index (κ2) is 6.65. The number of aryl methyl sites for hydroxylation is 1. The number of carboxylic acid groups (broad SMARTS) is 1. The normalized spacial score (nSPS) is 11.7. The van der Waals surface area contributed by atoms with Crippen LogP contribution in [0.15, 0.2) is 48.7 Å². The average molecular weight is 284 g/mol. The molecular formula is C16H16N2O3. The molecule has 0 unspecified atom stereocenters. The van der Waals surface area contributed by atoms with Crippen molar-refractivity contribution in [3.05, 3.63) is 65.5 Å². The fraction of sp³-hybridized carbons (Fsp3) is 0.188. The zero-order valence-corrected chi connectivity index (χ0v) is 11.6. The van der Waals surface area contributed by atoms with Gasteiger partial charge in [0.1, 0.15) is 11.7 Å². The number of aromatic nitrogens is 1. The first-order chi connectivity index (χ1) is 10.1. The monoisotopic (exact) mass is 284 g/mol. The van der Waals surface area contributed by atoms with Gasteiger partial charge < -0.3 is 10.4 Å². The number of amides is 1. The topological polar surface area (TPSA) is 79.3 Å². The van der Waals surface area contributed by atoms with Crippen LogP contribution in [0.25, 0.3) is 0 Å². The summed E-state index contributed by atoms with van der Waals surface area (Å²) in [5.74, 6) is -1.54. The standard InChI is InChI=1S/C16H16N2O3/c1-11-6-5-9-17-14(11)15(19)18-13(16(20)21)10-12-7-3-2-4-8-12/h2-9,13H,10H2,1H3,(H,18,19)(H,20,21)/t13-/m0/s1. The minimum Gasteiger partial charge on any atom is -0.480 e. The largest absolute Gasteiger partial charge is 0.480 e. The van der Waals surface area contributed by atoms with E-state index in [1.54, 1.807) is 19.1 Å². The Hall–Kier alpha value is -2.69. The molecule has 5 heteroatoms. The van der Waals surface area contributed by atoms with Gasteiger partial charge in [0.25, 0.3) is 5.91 Å². The maximum atomic E-state index is 12.1. The SMILES string of the molecule is Cc1cccnc1C(=O)N[C@@H](Cc1ccccc1)C(=O)O. The predicted molar refractivity (Wildman–Crippen MR) is 78.0 cm³/mol. The Kier molecular flexibility index (Phi) is 4.66. The Morgan fingerprint density at radius 3 is 2.52 bits per heavy atom. The molecule has 0 radical (unpaired) electrons. The molecule has 0 fully saturated rings. The summed E-state index contributed by atoms with van der Waals surface area (Å²) in [5.41, 5.74) is 1.80. The zero-order valence-electron chi connectivity index (χ0n) is 11.6. The Morgan fingerprint density at radius 1 is 1.19 bits per heavy atom. The molecule has 0 spiro atoms. The molecule has 0 bridgehead atoms. The molecule has 0 saturated carbocycles. The van der Waals surface area contributed by atoms with E-state index in [2.05, 4.69) is 10.3 Å². The number of carboxylic acids is 1. The second-order valence-corrected chi connectivity index (χ2v) is 4.72. The van der Waals surface area contributed by atoms with Crippen molar-refractivity contribution in [1.82, 2.24) is 10.3 Å². The van der Waals surface area contributed by atoms with E-state index in [1.165, 1.54) is 6.20 Å². The van der Waals surface area contributed by atoms with E-state index in [4.69, 9.17) is 0 Å². The maximum absolute atomic E-state index is 12.1. The number of nitrogens with one attached hydrogen (secondary N) is 1. The van der Waals surface area contributed by atoms with E-state index in [9.17, 15) is 14.7 Å². The van der Waals surface area contributed by atoms with Crippen molar-refractivity contribution in [3.63, 3.8) is 0 Å². The summed E-state index contributed by atoms with van der Waals surface area (Å²) >= 11 is 0. The van der Waals surface area contributed by atoms with Crippen molar-refractivity contribution in [1.29, 1.82) is 0 Å².